The molecule has 130 valence electrons. The molecule has 2 heterocycles. The molecule has 3 rings (SSSR count). The second-order valence-corrected chi connectivity index (χ2v) is 5.31. The van der Waals surface area contributed by atoms with Gasteiger partial charge in [0.15, 0.2) is 5.78 Å². The van der Waals surface area contributed by atoms with E-state index in [2.05, 4.69) is 20.8 Å². The summed E-state index contributed by atoms with van der Waals surface area (Å²) >= 11 is 0. The predicted molar refractivity (Wildman–Crippen MR) is 86.9 cm³/mol. The third kappa shape index (κ3) is 2.95. The van der Waals surface area contributed by atoms with Gasteiger partial charge in [0.25, 0.3) is 0 Å². The topological polar surface area (TPSA) is 108 Å². The quantitative estimate of drug-likeness (QED) is 0.804. The maximum atomic E-state index is 12.3. The number of tetrazole rings is 1. The van der Waals surface area contributed by atoms with Crippen molar-refractivity contribution in [2.45, 2.75) is 19.9 Å². The van der Waals surface area contributed by atoms with Crippen LogP contribution in [0.15, 0.2) is 35.5 Å². The van der Waals surface area contributed by atoms with Crippen molar-refractivity contribution in [2.24, 2.45) is 0 Å². The number of anilines is 1. The molecule has 1 atom stereocenters. The second kappa shape index (κ2) is 6.71. The number of methoxy groups -OCH3 is 1. The normalized spacial score (nSPS) is 16.0. The van der Waals surface area contributed by atoms with Crippen molar-refractivity contribution in [1.29, 1.82) is 0 Å². The summed E-state index contributed by atoms with van der Waals surface area (Å²) in [5.74, 6) is 0.0197. The van der Waals surface area contributed by atoms with E-state index in [1.807, 2.05) is 19.1 Å². The van der Waals surface area contributed by atoms with E-state index in [0.717, 1.165) is 5.56 Å². The first-order valence-corrected chi connectivity index (χ1v) is 7.67. The van der Waals surface area contributed by atoms with Crippen LogP contribution in [0.4, 0.5) is 5.95 Å². The number of hydrogen-bond donors (Lipinski definition) is 1. The summed E-state index contributed by atoms with van der Waals surface area (Å²) in [4.78, 5) is 24.4. The highest BCUT2D eigenvalue weighted by molar-refractivity contribution is 6.05. The number of aromatic nitrogens is 4. The lowest BCUT2D eigenvalue weighted by atomic mass is 9.93. The molecule has 0 saturated carbocycles. The van der Waals surface area contributed by atoms with Crippen molar-refractivity contribution in [3.63, 3.8) is 0 Å². The minimum atomic E-state index is -0.657. The highest BCUT2D eigenvalue weighted by Gasteiger charge is 2.36. The van der Waals surface area contributed by atoms with Gasteiger partial charge in [0.05, 0.1) is 19.3 Å². The first-order chi connectivity index (χ1) is 12.1. The van der Waals surface area contributed by atoms with E-state index in [0.29, 0.717) is 12.4 Å². The molecule has 1 N–H and O–H groups in total. The van der Waals surface area contributed by atoms with Crippen LogP contribution < -0.4 is 10.1 Å². The molecule has 2 aromatic rings. The summed E-state index contributed by atoms with van der Waals surface area (Å²) in [5, 5.41) is 14.2. The summed E-state index contributed by atoms with van der Waals surface area (Å²) in [6, 6.07) is 6.56. The number of ether oxygens (including phenoxy) is 2. The van der Waals surface area contributed by atoms with Crippen LogP contribution in [0.3, 0.4) is 0 Å². The summed E-state index contributed by atoms with van der Waals surface area (Å²) < 4.78 is 11.7. The van der Waals surface area contributed by atoms with E-state index in [-0.39, 0.29) is 23.0 Å². The summed E-state index contributed by atoms with van der Waals surface area (Å²) in [6.07, 6.45) is 0. The van der Waals surface area contributed by atoms with Crippen molar-refractivity contribution >= 4 is 17.7 Å². The zero-order chi connectivity index (χ0) is 18.0. The molecular weight excluding hydrogens is 326 g/mol. The van der Waals surface area contributed by atoms with Crippen molar-refractivity contribution in [3.8, 4) is 5.75 Å². The molecule has 1 aromatic carbocycles. The molecule has 0 fully saturated rings. The fourth-order valence-electron chi connectivity index (χ4n) is 2.74. The van der Waals surface area contributed by atoms with E-state index in [1.165, 1.54) is 18.7 Å². The van der Waals surface area contributed by atoms with E-state index in [9.17, 15) is 9.59 Å². The minimum absolute atomic E-state index is 0.0381. The van der Waals surface area contributed by atoms with Gasteiger partial charge in [-0.3, -0.25) is 4.79 Å². The molecule has 1 unspecified atom stereocenters. The van der Waals surface area contributed by atoms with Gasteiger partial charge in [0.2, 0.25) is 5.95 Å². The van der Waals surface area contributed by atoms with Crippen LogP contribution in [0.1, 0.15) is 25.5 Å². The van der Waals surface area contributed by atoms with Crippen molar-refractivity contribution in [1.82, 2.24) is 20.2 Å². The largest absolute Gasteiger partial charge is 0.494 e. The molecule has 1 aromatic heterocycles. The number of nitrogens with one attached hydrogen (secondary N) is 1. The predicted octanol–water partition coefficient (Wildman–Crippen LogP) is 1.10. The Kier molecular flexibility index (Phi) is 4.46. The molecule has 0 spiro atoms. The van der Waals surface area contributed by atoms with Crippen molar-refractivity contribution in [3.05, 3.63) is 41.1 Å². The Morgan fingerprint density at radius 3 is 2.60 bits per heavy atom. The van der Waals surface area contributed by atoms with Gasteiger partial charge in [0, 0.05) is 0 Å². The number of hydrogen-bond acceptors (Lipinski definition) is 8. The van der Waals surface area contributed by atoms with E-state index < -0.39 is 12.0 Å². The van der Waals surface area contributed by atoms with E-state index >= 15 is 0 Å². The average Bonchev–Trinajstić information content (AvgIpc) is 3.08. The molecule has 9 nitrogen and oxygen atoms in total. The molecule has 0 bridgehead atoms. The molecule has 0 saturated heterocycles. The van der Waals surface area contributed by atoms with Gasteiger partial charge in [0.1, 0.15) is 17.5 Å². The summed E-state index contributed by atoms with van der Waals surface area (Å²) in [6.45, 7) is 3.83. The lowest BCUT2D eigenvalue weighted by molar-refractivity contribution is -0.136. The number of carbonyl (C=O) groups excluding carboxylic acids is 2. The van der Waals surface area contributed by atoms with Gasteiger partial charge < -0.3 is 14.8 Å². The van der Waals surface area contributed by atoms with Crippen LogP contribution in [-0.4, -0.2) is 45.7 Å². The SMILES string of the molecule is CCOc1ccc(C2C(C(C)=O)=C(C(=O)OC)Nc3nnnn32)cc1. The number of nitrogens with zero attached hydrogens (tertiary/aromatic N) is 4. The van der Waals surface area contributed by atoms with Gasteiger partial charge in [-0.1, -0.05) is 17.2 Å². The first kappa shape index (κ1) is 16.6. The Bertz CT molecular complexity index is 840. The molecule has 25 heavy (non-hydrogen) atoms. The van der Waals surface area contributed by atoms with Gasteiger partial charge in [-0.15, -0.1) is 0 Å². The molecule has 1 aliphatic heterocycles. The van der Waals surface area contributed by atoms with Crippen LogP contribution in [0, 0.1) is 0 Å². The maximum absolute atomic E-state index is 12.3. The van der Waals surface area contributed by atoms with Crippen LogP contribution in [0.5, 0.6) is 5.75 Å². The number of benzene rings is 1. The zero-order valence-corrected chi connectivity index (χ0v) is 14.0. The van der Waals surface area contributed by atoms with Crippen molar-refractivity contribution < 1.29 is 19.1 Å². The number of carbonyl (C=O) groups is 2. The molecular formula is C16H17N5O4. The third-order valence-electron chi connectivity index (χ3n) is 3.79. The molecule has 1 aliphatic rings. The van der Waals surface area contributed by atoms with E-state index in [4.69, 9.17) is 9.47 Å². The standard InChI is InChI=1S/C16H17N5O4/c1-4-25-11-7-5-10(6-8-11)14-12(9(2)22)13(15(23)24-3)17-16-18-19-20-21(14)16/h5-8,14H,4H2,1-3H3,(H,17,18,20). The van der Waals surface area contributed by atoms with Crippen LogP contribution in [0.25, 0.3) is 0 Å². The first-order valence-electron chi connectivity index (χ1n) is 7.67. The van der Waals surface area contributed by atoms with Crippen LogP contribution in [-0.2, 0) is 14.3 Å². The highest BCUT2D eigenvalue weighted by Crippen LogP contribution is 2.35. The van der Waals surface area contributed by atoms with Crippen LogP contribution >= 0.6 is 0 Å². The average molecular weight is 343 g/mol. The number of Topliss-reactive ketones (excluding diaryl/α,β-unsaturated/α-hetero) is 1. The fourth-order valence-corrected chi connectivity index (χ4v) is 2.74. The summed E-state index contributed by atoms with van der Waals surface area (Å²) in [5.41, 5.74) is 1.01. The molecule has 0 radical (unpaired) electrons. The maximum Gasteiger partial charge on any atom is 0.355 e. The fraction of sp³-hybridized carbons (Fsp3) is 0.312. The van der Waals surface area contributed by atoms with Gasteiger partial charge in [-0.25, -0.2) is 4.79 Å². The third-order valence-corrected chi connectivity index (χ3v) is 3.79. The van der Waals surface area contributed by atoms with Gasteiger partial charge in [-0.2, -0.15) is 4.68 Å². The second-order valence-electron chi connectivity index (χ2n) is 5.31. The van der Waals surface area contributed by atoms with Crippen LogP contribution in [0.2, 0.25) is 0 Å². The minimum Gasteiger partial charge on any atom is -0.494 e. The Labute approximate surface area is 143 Å². The molecule has 9 heteroatoms. The Morgan fingerprint density at radius 2 is 2.00 bits per heavy atom. The lowest BCUT2D eigenvalue weighted by Crippen LogP contribution is -2.32. The Morgan fingerprint density at radius 1 is 1.28 bits per heavy atom. The van der Waals surface area contributed by atoms with Gasteiger partial charge in [-0.05, 0) is 42.0 Å². The monoisotopic (exact) mass is 343 g/mol. The smallest absolute Gasteiger partial charge is 0.355 e. The Balaban J connectivity index is 2.15. The van der Waals surface area contributed by atoms with E-state index in [1.54, 1.807) is 12.1 Å². The number of ketones is 1. The van der Waals surface area contributed by atoms with Gasteiger partial charge >= 0.3 is 5.97 Å². The number of esters is 1. The number of allylic oxidation sites excluding steroid dienone is 1. The molecule has 0 aliphatic carbocycles. The lowest BCUT2D eigenvalue weighted by Gasteiger charge is -2.27. The zero-order valence-electron chi connectivity index (χ0n) is 14.0. The van der Waals surface area contributed by atoms with Crippen molar-refractivity contribution in [2.75, 3.05) is 19.0 Å². The number of fused-ring (bicyclic) bond motifs is 1. The molecule has 0 amide bonds. The summed E-state index contributed by atoms with van der Waals surface area (Å²) in [7, 11) is 1.25. The Hall–Kier alpha value is -3.23. The number of rotatable bonds is 5. The highest BCUT2D eigenvalue weighted by atomic mass is 16.5.